The Morgan fingerprint density at radius 1 is 0.926 bits per heavy atom. The first kappa shape index (κ1) is 18.5. The lowest BCUT2D eigenvalue weighted by molar-refractivity contribution is 0.0950. The number of pyridine rings is 1. The van der Waals surface area contributed by atoms with Crippen LogP contribution in [0.1, 0.15) is 21.5 Å². The fourth-order valence-corrected chi connectivity index (χ4v) is 2.61. The fourth-order valence-electron chi connectivity index (χ4n) is 2.61. The molecule has 1 aromatic heterocycles. The number of anilines is 1. The molecule has 0 aliphatic heterocycles. The van der Waals surface area contributed by atoms with E-state index < -0.39 is 0 Å². The highest BCUT2D eigenvalue weighted by molar-refractivity contribution is 5.94. The van der Waals surface area contributed by atoms with Gasteiger partial charge in [0.2, 0.25) is 0 Å². The van der Waals surface area contributed by atoms with Crippen molar-refractivity contribution >= 4 is 11.7 Å². The number of carbonyl (C=O) groups excluding carboxylic acids is 1. The Hall–Kier alpha value is -3.28. The zero-order chi connectivity index (χ0) is 19.1. The van der Waals surface area contributed by atoms with Crippen molar-refractivity contribution in [3.63, 3.8) is 0 Å². The lowest BCUT2D eigenvalue weighted by Crippen LogP contribution is -2.23. The van der Waals surface area contributed by atoms with Gasteiger partial charge in [-0.3, -0.25) is 4.79 Å². The Labute approximate surface area is 156 Å². The summed E-state index contributed by atoms with van der Waals surface area (Å²) in [5, 5.41) is 5.77. The average Bonchev–Trinajstić information content (AvgIpc) is 2.69. The number of carbonyl (C=O) groups is 1. The van der Waals surface area contributed by atoms with Gasteiger partial charge in [0.1, 0.15) is 17.5 Å². The van der Waals surface area contributed by atoms with E-state index in [2.05, 4.69) is 15.6 Å². The van der Waals surface area contributed by atoms with Crippen LogP contribution >= 0.6 is 0 Å². The van der Waals surface area contributed by atoms with E-state index in [0.29, 0.717) is 35.5 Å². The largest absolute Gasteiger partial charge is 0.370 e. The number of aromatic nitrogens is 1. The third-order valence-corrected chi connectivity index (χ3v) is 4.08. The summed E-state index contributed by atoms with van der Waals surface area (Å²) in [7, 11) is 0. The van der Waals surface area contributed by atoms with Crippen LogP contribution < -0.4 is 10.6 Å². The topological polar surface area (TPSA) is 54.0 Å². The quantitative estimate of drug-likeness (QED) is 0.665. The van der Waals surface area contributed by atoms with Gasteiger partial charge in [-0.15, -0.1) is 0 Å². The summed E-state index contributed by atoms with van der Waals surface area (Å²) >= 11 is 0. The van der Waals surface area contributed by atoms with Crippen LogP contribution in [0, 0.1) is 11.6 Å². The molecule has 6 heteroatoms. The number of halogens is 2. The van der Waals surface area contributed by atoms with E-state index in [4.69, 9.17) is 0 Å². The molecule has 2 N–H and O–H groups in total. The SMILES string of the molecule is O=C(NCc1ccccc1F)c1ccnc(NCCc2ccccc2F)c1. The molecular formula is C21H19F2N3O. The van der Waals surface area contributed by atoms with Crippen LogP contribution in [-0.2, 0) is 13.0 Å². The summed E-state index contributed by atoms with van der Waals surface area (Å²) in [6.07, 6.45) is 2.02. The molecule has 0 saturated carbocycles. The molecule has 1 heterocycles. The van der Waals surface area contributed by atoms with Gasteiger partial charge in [-0.1, -0.05) is 36.4 Å². The number of rotatable bonds is 7. The van der Waals surface area contributed by atoms with Gasteiger partial charge in [-0.25, -0.2) is 13.8 Å². The van der Waals surface area contributed by atoms with E-state index >= 15 is 0 Å². The number of amides is 1. The molecule has 138 valence electrons. The molecule has 3 aromatic rings. The first-order valence-corrected chi connectivity index (χ1v) is 8.58. The highest BCUT2D eigenvalue weighted by Crippen LogP contribution is 2.11. The van der Waals surface area contributed by atoms with Crippen LogP contribution in [0.2, 0.25) is 0 Å². The smallest absolute Gasteiger partial charge is 0.251 e. The lowest BCUT2D eigenvalue weighted by Gasteiger charge is -2.09. The highest BCUT2D eigenvalue weighted by atomic mass is 19.1. The van der Waals surface area contributed by atoms with Crippen molar-refractivity contribution in [2.75, 3.05) is 11.9 Å². The molecule has 0 radical (unpaired) electrons. The van der Waals surface area contributed by atoms with Crippen LogP contribution in [0.15, 0.2) is 66.9 Å². The van der Waals surface area contributed by atoms with Gasteiger partial charge < -0.3 is 10.6 Å². The number of benzene rings is 2. The van der Waals surface area contributed by atoms with Crippen molar-refractivity contribution < 1.29 is 13.6 Å². The number of nitrogens with one attached hydrogen (secondary N) is 2. The maximum absolute atomic E-state index is 13.6. The van der Waals surface area contributed by atoms with E-state index in [0.717, 1.165) is 0 Å². The lowest BCUT2D eigenvalue weighted by atomic mass is 10.1. The summed E-state index contributed by atoms with van der Waals surface area (Å²) in [6.45, 7) is 0.581. The summed E-state index contributed by atoms with van der Waals surface area (Å²) in [5.74, 6) is -0.403. The van der Waals surface area contributed by atoms with Crippen LogP contribution in [-0.4, -0.2) is 17.4 Å². The minimum absolute atomic E-state index is 0.101. The first-order valence-electron chi connectivity index (χ1n) is 8.58. The number of nitrogens with zero attached hydrogens (tertiary/aromatic N) is 1. The van der Waals surface area contributed by atoms with Gasteiger partial charge in [0, 0.05) is 30.4 Å². The van der Waals surface area contributed by atoms with Crippen LogP contribution in [0.5, 0.6) is 0 Å². The molecule has 27 heavy (non-hydrogen) atoms. The molecule has 0 unspecified atom stereocenters. The Morgan fingerprint density at radius 3 is 2.30 bits per heavy atom. The molecule has 4 nitrogen and oxygen atoms in total. The first-order chi connectivity index (χ1) is 13.1. The van der Waals surface area contributed by atoms with Gasteiger partial charge in [-0.05, 0) is 36.2 Å². The standard InChI is InChI=1S/C21H19F2N3O/c22-18-7-3-1-5-15(18)9-11-24-20-13-16(10-12-25-20)21(27)26-14-17-6-2-4-8-19(17)23/h1-8,10,12-13H,9,11,14H2,(H,24,25)(H,26,27). The maximum atomic E-state index is 13.6. The molecule has 0 aliphatic rings. The molecular weight excluding hydrogens is 348 g/mol. The predicted molar refractivity (Wildman–Crippen MR) is 100 cm³/mol. The Balaban J connectivity index is 1.55. The van der Waals surface area contributed by atoms with E-state index in [1.165, 1.54) is 18.3 Å². The molecule has 2 aromatic carbocycles. The van der Waals surface area contributed by atoms with Crippen molar-refractivity contribution in [2.45, 2.75) is 13.0 Å². The Morgan fingerprint density at radius 2 is 1.59 bits per heavy atom. The summed E-state index contributed by atoms with van der Waals surface area (Å²) < 4.78 is 27.2. The molecule has 0 spiro atoms. The van der Waals surface area contributed by atoms with Crippen molar-refractivity contribution in [3.8, 4) is 0 Å². The third-order valence-electron chi connectivity index (χ3n) is 4.08. The number of hydrogen-bond acceptors (Lipinski definition) is 3. The fraction of sp³-hybridized carbons (Fsp3) is 0.143. The molecule has 0 fully saturated rings. The highest BCUT2D eigenvalue weighted by Gasteiger charge is 2.08. The second-order valence-corrected chi connectivity index (χ2v) is 5.97. The normalized spacial score (nSPS) is 10.4. The van der Waals surface area contributed by atoms with Crippen molar-refractivity contribution in [2.24, 2.45) is 0 Å². The van der Waals surface area contributed by atoms with Crippen LogP contribution in [0.25, 0.3) is 0 Å². The molecule has 1 amide bonds. The van der Waals surface area contributed by atoms with Gasteiger partial charge in [0.15, 0.2) is 0 Å². The van der Waals surface area contributed by atoms with Crippen LogP contribution in [0.4, 0.5) is 14.6 Å². The summed E-state index contributed by atoms with van der Waals surface area (Å²) in [5.41, 5.74) is 1.45. The van der Waals surface area contributed by atoms with Gasteiger partial charge in [-0.2, -0.15) is 0 Å². The van der Waals surface area contributed by atoms with Crippen LogP contribution in [0.3, 0.4) is 0 Å². The monoisotopic (exact) mass is 367 g/mol. The molecule has 3 rings (SSSR count). The predicted octanol–water partition coefficient (Wildman–Crippen LogP) is 3.94. The second-order valence-electron chi connectivity index (χ2n) is 5.97. The minimum atomic E-state index is -0.358. The zero-order valence-corrected chi connectivity index (χ0v) is 14.6. The van der Waals surface area contributed by atoms with E-state index in [-0.39, 0.29) is 24.1 Å². The van der Waals surface area contributed by atoms with E-state index in [1.54, 1.807) is 48.5 Å². The summed E-state index contributed by atoms with van der Waals surface area (Å²) in [4.78, 5) is 16.4. The number of hydrogen-bond donors (Lipinski definition) is 2. The average molecular weight is 367 g/mol. The third kappa shape index (κ3) is 5.10. The van der Waals surface area contributed by atoms with Crippen molar-refractivity contribution in [3.05, 3.63) is 95.2 Å². The van der Waals surface area contributed by atoms with Crippen molar-refractivity contribution in [1.29, 1.82) is 0 Å². The summed E-state index contributed by atoms with van der Waals surface area (Å²) in [6, 6.07) is 16.1. The Kier molecular flexibility index (Phi) is 6.10. The molecule has 0 atom stereocenters. The Bertz CT molecular complexity index is 931. The van der Waals surface area contributed by atoms with Gasteiger partial charge in [0.05, 0.1) is 0 Å². The second kappa shape index (κ2) is 8.89. The minimum Gasteiger partial charge on any atom is -0.370 e. The molecule has 0 bridgehead atoms. The van der Waals surface area contributed by atoms with Gasteiger partial charge >= 0.3 is 0 Å². The van der Waals surface area contributed by atoms with E-state index in [1.807, 2.05) is 0 Å². The molecule has 0 saturated heterocycles. The maximum Gasteiger partial charge on any atom is 0.251 e. The zero-order valence-electron chi connectivity index (χ0n) is 14.6. The van der Waals surface area contributed by atoms with Crippen molar-refractivity contribution in [1.82, 2.24) is 10.3 Å². The van der Waals surface area contributed by atoms with E-state index in [9.17, 15) is 13.6 Å². The van der Waals surface area contributed by atoms with Gasteiger partial charge in [0.25, 0.3) is 5.91 Å². The molecule has 0 aliphatic carbocycles.